The Balaban J connectivity index is 1.79. The van der Waals surface area contributed by atoms with E-state index in [1.807, 2.05) is 0 Å². The molecule has 19 heavy (non-hydrogen) atoms. The zero-order chi connectivity index (χ0) is 13.7. The van der Waals surface area contributed by atoms with Crippen LogP contribution < -0.4 is 5.32 Å². The summed E-state index contributed by atoms with van der Waals surface area (Å²) in [7, 11) is 4.35. The van der Waals surface area contributed by atoms with Crippen LogP contribution in [0.4, 0.5) is 0 Å². The second-order valence-corrected chi connectivity index (χ2v) is 6.91. The minimum Gasteiger partial charge on any atom is -0.324 e. The molecule has 1 amide bonds. The van der Waals surface area contributed by atoms with Gasteiger partial charge in [0.1, 0.15) is 0 Å². The highest BCUT2D eigenvalue weighted by Crippen LogP contribution is 2.44. The first-order chi connectivity index (χ1) is 9.03. The van der Waals surface area contributed by atoms with E-state index in [9.17, 15) is 4.79 Å². The number of carbonyl (C=O) groups excluding carboxylic acids is 1. The Morgan fingerprint density at radius 2 is 1.89 bits per heavy atom. The molecular formula is C15H27N3O. The molecule has 1 heterocycles. The first kappa shape index (κ1) is 13.4. The van der Waals surface area contributed by atoms with Gasteiger partial charge in [-0.15, -0.1) is 0 Å². The molecule has 1 unspecified atom stereocenters. The lowest BCUT2D eigenvalue weighted by Gasteiger charge is -2.41. The topological polar surface area (TPSA) is 35.6 Å². The Hall–Kier alpha value is -0.610. The largest absolute Gasteiger partial charge is 0.324 e. The van der Waals surface area contributed by atoms with Crippen molar-refractivity contribution in [2.75, 3.05) is 20.6 Å². The van der Waals surface area contributed by atoms with Gasteiger partial charge < -0.3 is 9.80 Å². The smallest absolute Gasteiger partial charge is 0.244 e. The molecule has 0 aromatic rings. The highest BCUT2D eigenvalue weighted by molar-refractivity contribution is 5.91. The number of likely N-dealkylation sites (N-methyl/N-ethyl adjacent to an activating group) is 1. The molecule has 3 fully saturated rings. The average molecular weight is 265 g/mol. The van der Waals surface area contributed by atoms with Crippen LogP contribution in [0.1, 0.15) is 51.9 Å². The highest BCUT2D eigenvalue weighted by Gasteiger charge is 2.59. The van der Waals surface area contributed by atoms with E-state index >= 15 is 0 Å². The van der Waals surface area contributed by atoms with E-state index in [1.165, 1.54) is 25.7 Å². The van der Waals surface area contributed by atoms with Gasteiger partial charge in [0.15, 0.2) is 0 Å². The van der Waals surface area contributed by atoms with Crippen LogP contribution in [0.5, 0.6) is 0 Å². The summed E-state index contributed by atoms with van der Waals surface area (Å²) in [6, 6.07) is 0. The molecule has 1 N–H and O–H groups in total. The van der Waals surface area contributed by atoms with E-state index in [0.717, 1.165) is 25.8 Å². The second kappa shape index (κ2) is 4.45. The zero-order valence-corrected chi connectivity index (χ0v) is 12.5. The molecule has 3 rings (SSSR count). The van der Waals surface area contributed by atoms with E-state index < -0.39 is 0 Å². The number of hydrogen-bond donors (Lipinski definition) is 1. The first-order valence-electron chi connectivity index (χ1n) is 7.79. The molecule has 4 nitrogen and oxygen atoms in total. The molecular weight excluding hydrogens is 238 g/mol. The lowest BCUT2D eigenvalue weighted by atomic mass is 9.95. The molecule has 1 saturated heterocycles. The van der Waals surface area contributed by atoms with E-state index in [4.69, 9.17) is 0 Å². The predicted octanol–water partition coefficient (Wildman–Crippen LogP) is 1.56. The van der Waals surface area contributed by atoms with Crippen LogP contribution >= 0.6 is 0 Å². The third kappa shape index (κ3) is 2.00. The maximum absolute atomic E-state index is 12.7. The monoisotopic (exact) mass is 265 g/mol. The third-order valence-corrected chi connectivity index (χ3v) is 5.57. The molecule has 1 atom stereocenters. The highest BCUT2D eigenvalue weighted by atomic mass is 16.2. The summed E-state index contributed by atoms with van der Waals surface area (Å²) in [5, 5.41) is 3.58. The van der Waals surface area contributed by atoms with Gasteiger partial charge >= 0.3 is 0 Å². The van der Waals surface area contributed by atoms with Gasteiger partial charge in [0, 0.05) is 12.1 Å². The van der Waals surface area contributed by atoms with Crippen molar-refractivity contribution in [3.63, 3.8) is 0 Å². The number of hydrogen-bond acceptors (Lipinski definition) is 3. The molecule has 0 radical (unpaired) electrons. The first-order valence-corrected chi connectivity index (χ1v) is 7.79. The Morgan fingerprint density at radius 1 is 1.26 bits per heavy atom. The van der Waals surface area contributed by atoms with Crippen molar-refractivity contribution in [2.45, 2.75) is 69.1 Å². The summed E-state index contributed by atoms with van der Waals surface area (Å²) in [6.07, 6.45) is 8.40. The fourth-order valence-electron chi connectivity index (χ4n) is 3.96. The van der Waals surface area contributed by atoms with Gasteiger partial charge in [-0.05, 0) is 46.2 Å². The molecule has 1 aliphatic heterocycles. The molecule has 0 aromatic heterocycles. The normalized spacial score (nSPS) is 31.7. The van der Waals surface area contributed by atoms with E-state index in [1.54, 1.807) is 0 Å². The minimum atomic E-state index is -0.160. The van der Waals surface area contributed by atoms with Crippen molar-refractivity contribution in [3.8, 4) is 0 Å². The standard InChI is InChI=1S/C15H27N3O/c1-4-12-16-15(9-10-15)13(19)18(12)11-14(17(2)3)7-5-6-8-14/h12,16H,4-11H2,1-3H3. The van der Waals surface area contributed by atoms with Crippen LogP contribution in [-0.4, -0.2) is 53.6 Å². The van der Waals surface area contributed by atoms with Crippen molar-refractivity contribution in [3.05, 3.63) is 0 Å². The van der Waals surface area contributed by atoms with Gasteiger partial charge in [-0.25, -0.2) is 0 Å². The predicted molar refractivity (Wildman–Crippen MR) is 75.8 cm³/mol. The van der Waals surface area contributed by atoms with Crippen LogP contribution in [0.25, 0.3) is 0 Å². The van der Waals surface area contributed by atoms with Crippen molar-refractivity contribution < 1.29 is 4.79 Å². The molecule has 3 aliphatic rings. The zero-order valence-electron chi connectivity index (χ0n) is 12.5. The summed E-state index contributed by atoms with van der Waals surface area (Å²) >= 11 is 0. The fraction of sp³-hybridized carbons (Fsp3) is 0.933. The number of nitrogens with one attached hydrogen (secondary N) is 1. The van der Waals surface area contributed by atoms with Crippen LogP contribution in [0, 0.1) is 0 Å². The maximum atomic E-state index is 12.7. The Morgan fingerprint density at radius 3 is 2.37 bits per heavy atom. The van der Waals surface area contributed by atoms with E-state index in [-0.39, 0.29) is 17.2 Å². The van der Waals surface area contributed by atoms with E-state index in [0.29, 0.717) is 5.91 Å². The Labute approximate surface area is 116 Å². The summed E-state index contributed by atoms with van der Waals surface area (Å²) in [6.45, 7) is 3.09. The van der Waals surface area contributed by atoms with Gasteiger partial charge in [-0.3, -0.25) is 10.1 Å². The number of carbonyl (C=O) groups is 1. The Kier molecular flexibility index (Phi) is 3.13. The minimum absolute atomic E-state index is 0.160. The molecule has 0 bridgehead atoms. The summed E-state index contributed by atoms with van der Waals surface area (Å²) in [4.78, 5) is 17.2. The second-order valence-electron chi connectivity index (χ2n) is 6.91. The average Bonchev–Trinajstić information content (AvgIpc) is 2.92. The SMILES string of the molecule is CCC1NC2(CC2)C(=O)N1CC1(N(C)C)CCCC1. The number of amides is 1. The van der Waals surface area contributed by atoms with Gasteiger partial charge in [0.05, 0.1) is 11.7 Å². The number of rotatable bonds is 4. The molecule has 4 heteroatoms. The summed E-state index contributed by atoms with van der Waals surface area (Å²) in [5.74, 6) is 0.368. The lowest BCUT2D eigenvalue weighted by Crippen LogP contribution is -2.53. The molecule has 2 saturated carbocycles. The van der Waals surface area contributed by atoms with Gasteiger partial charge in [0.25, 0.3) is 0 Å². The van der Waals surface area contributed by atoms with Gasteiger partial charge in [-0.1, -0.05) is 19.8 Å². The lowest BCUT2D eigenvalue weighted by molar-refractivity contribution is -0.132. The third-order valence-electron chi connectivity index (χ3n) is 5.57. The molecule has 1 spiro atoms. The molecule has 2 aliphatic carbocycles. The Bertz CT molecular complexity index is 370. The van der Waals surface area contributed by atoms with Crippen LogP contribution in [0.2, 0.25) is 0 Å². The fourth-order valence-corrected chi connectivity index (χ4v) is 3.96. The molecule has 108 valence electrons. The van der Waals surface area contributed by atoms with Gasteiger partial charge in [0.2, 0.25) is 5.91 Å². The summed E-state index contributed by atoms with van der Waals surface area (Å²) < 4.78 is 0. The van der Waals surface area contributed by atoms with Crippen molar-refractivity contribution >= 4 is 5.91 Å². The molecule has 0 aromatic carbocycles. The van der Waals surface area contributed by atoms with Crippen LogP contribution in [-0.2, 0) is 4.79 Å². The quantitative estimate of drug-likeness (QED) is 0.838. The number of nitrogens with zero attached hydrogens (tertiary/aromatic N) is 2. The van der Waals surface area contributed by atoms with Crippen molar-refractivity contribution in [1.29, 1.82) is 0 Å². The van der Waals surface area contributed by atoms with Crippen molar-refractivity contribution in [2.24, 2.45) is 0 Å². The van der Waals surface area contributed by atoms with Gasteiger partial charge in [-0.2, -0.15) is 0 Å². The van der Waals surface area contributed by atoms with Crippen molar-refractivity contribution in [1.82, 2.24) is 15.1 Å². The maximum Gasteiger partial charge on any atom is 0.244 e. The van der Waals surface area contributed by atoms with Crippen LogP contribution in [0.3, 0.4) is 0 Å². The van der Waals surface area contributed by atoms with E-state index in [2.05, 4.69) is 36.1 Å². The summed E-state index contributed by atoms with van der Waals surface area (Å²) in [5.41, 5.74) is 0.0535. The van der Waals surface area contributed by atoms with Crippen LogP contribution in [0.15, 0.2) is 0 Å².